The quantitative estimate of drug-likeness (QED) is 0.790. The normalized spacial score (nSPS) is 20.6. The van der Waals surface area contributed by atoms with Crippen LogP contribution in [0.4, 0.5) is 10.7 Å². The molecule has 1 heterocycles. The van der Waals surface area contributed by atoms with Crippen LogP contribution in [0.3, 0.4) is 0 Å². The van der Waals surface area contributed by atoms with Crippen molar-refractivity contribution in [2.75, 3.05) is 18.9 Å². The molecule has 1 aliphatic rings. The summed E-state index contributed by atoms with van der Waals surface area (Å²) in [5.74, 6) is 0.332. The van der Waals surface area contributed by atoms with Crippen molar-refractivity contribution < 1.29 is 4.79 Å². The monoisotopic (exact) mass is 293 g/mol. The maximum absolute atomic E-state index is 11.8. The van der Waals surface area contributed by atoms with Crippen LogP contribution >= 0.6 is 23.2 Å². The van der Waals surface area contributed by atoms with Gasteiger partial charge in [0.05, 0.1) is 0 Å². The largest absolute Gasteiger partial charge is 0.357 e. The first-order chi connectivity index (χ1) is 8.36. The summed E-state index contributed by atoms with van der Waals surface area (Å²) >= 11 is 11.7. The van der Waals surface area contributed by atoms with Gasteiger partial charge in [-0.1, -0.05) is 0 Å². The molecule has 9 heteroatoms. The van der Waals surface area contributed by atoms with Crippen LogP contribution in [-0.2, 0) is 7.05 Å². The summed E-state index contributed by atoms with van der Waals surface area (Å²) in [6.07, 6.45) is 0.634. The lowest BCUT2D eigenvalue weighted by Gasteiger charge is -2.03. The number of carbonyl (C=O) groups is 1. The van der Waals surface area contributed by atoms with Crippen molar-refractivity contribution in [1.29, 1.82) is 0 Å². The van der Waals surface area contributed by atoms with Gasteiger partial charge in [-0.15, -0.1) is 33.0 Å². The second kappa shape index (κ2) is 4.47. The van der Waals surface area contributed by atoms with E-state index < -0.39 is 16.1 Å². The topological polar surface area (TPSA) is 81.0 Å². The molecule has 0 spiro atoms. The summed E-state index contributed by atoms with van der Waals surface area (Å²) in [5, 5.41) is 9.12. The standard InChI is InChI=1S/C9H13Cl2N5O2/c1-12-6-14-16(8(18)15(6)2)7(17)13-4-5-3-9(5,10)11/h5H,3-4H2,1-2H3,(H,12,14)(H,13,17). The fraction of sp³-hybridized carbons (Fsp3) is 0.667. The number of halogens is 2. The van der Waals surface area contributed by atoms with Crippen LogP contribution < -0.4 is 16.3 Å². The van der Waals surface area contributed by atoms with E-state index in [4.69, 9.17) is 23.2 Å². The van der Waals surface area contributed by atoms with Crippen LogP contribution in [0.2, 0.25) is 0 Å². The van der Waals surface area contributed by atoms with Crippen LogP contribution in [0.5, 0.6) is 0 Å². The molecule has 1 aromatic rings. The van der Waals surface area contributed by atoms with E-state index in [1.54, 1.807) is 7.05 Å². The Kier molecular flexibility index (Phi) is 3.29. The van der Waals surface area contributed by atoms with Crippen molar-refractivity contribution in [3.63, 3.8) is 0 Å². The van der Waals surface area contributed by atoms with E-state index >= 15 is 0 Å². The third-order valence-electron chi connectivity index (χ3n) is 2.85. The second-order valence-corrected chi connectivity index (χ2v) is 5.72. The summed E-state index contributed by atoms with van der Waals surface area (Å²) in [6, 6.07) is -0.590. The van der Waals surface area contributed by atoms with Gasteiger partial charge < -0.3 is 10.6 Å². The maximum atomic E-state index is 11.8. The number of amides is 1. The predicted molar refractivity (Wildman–Crippen MR) is 68.4 cm³/mol. The first-order valence-corrected chi connectivity index (χ1v) is 6.12. The summed E-state index contributed by atoms with van der Waals surface area (Å²) in [7, 11) is 3.14. The van der Waals surface area contributed by atoms with Gasteiger partial charge in [0, 0.05) is 26.6 Å². The minimum Gasteiger partial charge on any atom is -0.357 e. The highest BCUT2D eigenvalue weighted by atomic mass is 35.5. The molecule has 18 heavy (non-hydrogen) atoms. The van der Waals surface area contributed by atoms with Crippen molar-refractivity contribution in [1.82, 2.24) is 19.7 Å². The molecule has 1 unspecified atom stereocenters. The summed E-state index contributed by atoms with van der Waals surface area (Å²) in [4.78, 5) is 23.4. The van der Waals surface area contributed by atoms with Gasteiger partial charge in [0.15, 0.2) is 0 Å². The number of carbonyl (C=O) groups excluding carboxylic acids is 1. The van der Waals surface area contributed by atoms with Gasteiger partial charge in [-0.25, -0.2) is 9.59 Å². The van der Waals surface area contributed by atoms with E-state index in [1.165, 1.54) is 11.6 Å². The molecular weight excluding hydrogens is 281 g/mol. The molecule has 1 saturated carbocycles. The van der Waals surface area contributed by atoms with E-state index in [1.807, 2.05) is 0 Å². The number of rotatable bonds is 3. The summed E-state index contributed by atoms with van der Waals surface area (Å²) in [5.41, 5.74) is -0.518. The average molecular weight is 294 g/mol. The molecule has 1 amide bonds. The lowest BCUT2D eigenvalue weighted by Crippen LogP contribution is -2.38. The Morgan fingerprint density at radius 3 is 2.67 bits per heavy atom. The fourth-order valence-corrected chi connectivity index (χ4v) is 2.09. The van der Waals surface area contributed by atoms with Crippen molar-refractivity contribution in [3.8, 4) is 0 Å². The van der Waals surface area contributed by atoms with Crippen molar-refractivity contribution in [2.45, 2.75) is 10.8 Å². The van der Waals surface area contributed by atoms with E-state index in [0.717, 1.165) is 4.68 Å². The third kappa shape index (κ3) is 2.32. The highest BCUT2D eigenvalue weighted by Crippen LogP contribution is 2.52. The Labute approximate surface area is 113 Å². The molecular formula is C9H13Cl2N5O2. The molecule has 0 aliphatic heterocycles. The average Bonchev–Trinajstić information content (AvgIpc) is 2.83. The van der Waals surface area contributed by atoms with E-state index in [9.17, 15) is 9.59 Å². The number of hydrogen-bond donors (Lipinski definition) is 2. The second-order valence-electron chi connectivity index (χ2n) is 4.18. The number of aromatic nitrogens is 3. The Morgan fingerprint density at radius 2 is 2.22 bits per heavy atom. The van der Waals surface area contributed by atoms with Gasteiger partial charge in [-0.2, -0.15) is 0 Å². The van der Waals surface area contributed by atoms with Crippen molar-refractivity contribution in [2.24, 2.45) is 13.0 Å². The Bertz CT molecular complexity index is 536. The zero-order valence-electron chi connectivity index (χ0n) is 9.91. The molecule has 1 aliphatic carbocycles. The predicted octanol–water partition coefficient (Wildman–Crippen LogP) is 0.375. The molecule has 2 rings (SSSR count). The third-order valence-corrected chi connectivity index (χ3v) is 3.78. The van der Waals surface area contributed by atoms with Crippen LogP contribution in [0.25, 0.3) is 0 Å². The van der Waals surface area contributed by atoms with Gasteiger partial charge in [0.25, 0.3) is 0 Å². The van der Waals surface area contributed by atoms with Gasteiger partial charge in [0.1, 0.15) is 4.33 Å². The number of nitrogens with one attached hydrogen (secondary N) is 2. The van der Waals surface area contributed by atoms with Gasteiger partial charge >= 0.3 is 11.7 Å². The molecule has 0 radical (unpaired) electrons. The van der Waals surface area contributed by atoms with E-state index in [0.29, 0.717) is 18.9 Å². The van der Waals surface area contributed by atoms with Crippen LogP contribution in [0.1, 0.15) is 6.42 Å². The van der Waals surface area contributed by atoms with E-state index in [2.05, 4.69) is 15.7 Å². The lowest BCUT2D eigenvalue weighted by atomic mass is 10.4. The molecule has 1 atom stereocenters. The molecule has 1 fully saturated rings. The fourth-order valence-electron chi connectivity index (χ4n) is 1.56. The molecule has 100 valence electrons. The number of alkyl halides is 2. The zero-order chi connectivity index (χ0) is 13.5. The minimum absolute atomic E-state index is 0.0213. The van der Waals surface area contributed by atoms with Gasteiger partial charge in [0.2, 0.25) is 5.95 Å². The van der Waals surface area contributed by atoms with E-state index in [-0.39, 0.29) is 5.92 Å². The van der Waals surface area contributed by atoms with Gasteiger partial charge in [-0.3, -0.25) is 4.57 Å². The number of nitrogens with zero attached hydrogens (tertiary/aromatic N) is 3. The molecule has 0 saturated heterocycles. The zero-order valence-corrected chi connectivity index (χ0v) is 11.4. The first kappa shape index (κ1) is 13.2. The highest BCUT2D eigenvalue weighted by molar-refractivity contribution is 6.50. The van der Waals surface area contributed by atoms with Crippen LogP contribution in [0, 0.1) is 5.92 Å². The van der Waals surface area contributed by atoms with Crippen molar-refractivity contribution >= 4 is 35.2 Å². The molecule has 0 aromatic carbocycles. The Morgan fingerprint density at radius 1 is 1.61 bits per heavy atom. The smallest absolute Gasteiger partial charge is 0.355 e. The van der Waals surface area contributed by atoms with Crippen LogP contribution in [0.15, 0.2) is 4.79 Å². The van der Waals surface area contributed by atoms with Crippen LogP contribution in [-0.4, -0.2) is 38.3 Å². The maximum Gasteiger partial charge on any atom is 0.355 e. The highest BCUT2D eigenvalue weighted by Gasteiger charge is 2.51. The van der Waals surface area contributed by atoms with Crippen molar-refractivity contribution in [3.05, 3.63) is 10.5 Å². The molecule has 1 aromatic heterocycles. The molecule has 7 nitrogen and oxygen atoms in total. The molecule has 0 bridgehead atoms. The Hall–Kier alpha value is -1.21. The summed E-state index contributed by atoms with van der Waals surface area (Å²) in [6.45, 7) is 0.323. The minimum atomic E-state index is -0.751. The summed E-state index contributed by atoms with van der Waals surface area (Å²) < 4.78 is 1.25. The first-order valence-electron chi connectivity index (χ1n) is 5.36. The molecule has 2 N–H and O–H groups in total. The Balaban J connectivity index is 2.03. The lowest BCUT2D eigenvalue weighted by molar-refractivity contribution is 0.238. The van der Waals surface area contributed by atoms with Gasteiger partial charge in [-0.05, 0) is 6.42 Å². The number of anilines is 1. The number of hydrogen-bond acceptors (Lipinski definition) is 4. The SMILES string of the molecule is CNc1nn(C(=O)NCC2CC2(Cl)Cl)c(=O)n1C.